The van der Waals surface area contributed by atoms with Crippen LogP contribution in [0.1, 0.15) is 38.1 Å². The van der Waals surface area contributed by atoms with Crippen molar-refractivity contribution in [2.24, 2.45) is 5.14 Å². The molecule has 2 N–H and O–H groups in total. The topological polar surface area (TPSA) is 117 Å². The number of sulfonamides is 1. The number of hydrogen-bond acceptors (Lipinski definition) is 6. The lowest BCUT2D eigenvalue weighted by Crippen LogP contribution is -2.30. The lowest BCUT2D eigenvalue weighted by atomic mass is 10.1. The number of imidazole rings is 1. The van der Waals surface area contributed by atoms with E-state index in [1.807, 2.05) is 29.7 Å². The first-order chi connectivity index (χ1) is 16.2. The number of ether oxygens (including phenoxy) is 2. The molecule has 0 aliphatic carbocycles. The molecule has 3 rings (SSSR count). The molecule has 184 valence electrons. The lowest BCUT2D eigenvalue weighted by Gasteiger charge is -2.22. The molecule has 2 aromatic carbocycles. The smallest absolute Gasteiger partial charge is 0.238 e. The van der Waals surface area contributed by atoms with Gasteiger partial charge in [0.2, 0.25) is 15.9 Å². The maximum absolute atomic E-state index is 13.0. The minimum atomic E-state index is -3.82. The first kappa shape index (κ1) is 25.5. The monoisotopic (exact) mass is 488 g/mol. The number of hydrogen-bond donors (Lipinski definition) is 1. The minimum Gasteiger partial charge on any atom is -0.493 e. The normalized spacial score (nSPS) is 11.6. The molecule has 0 spiro atoms. The van der Waals surface area contributed by atoms with Gasteiger partial charge in [-0.05, 0) is 49.2 Å². The van der Waals surface area contributed by atoms with E-state index in [0.717, 1.165) is 29.9 Å². The molecule has 0 fully saturated rings. The Kier molecular flexibility index (Phi) is 8.16. The average Bonchev–Trinajstić information content (AvgIpc) is 3.17. The van der Waals surface area contributed by atoms with Crippen LogP contribution in [0.15, 0.2) is 41.3 Å². The van der Waals surface area contributed by atoms with Gasteiger partial charge >= 0.3 is 0 Å². The quantitative estimate of drug-likeness (QED) is 0.443. The van der Waals surface area contributed by atoms with Crippen molar-refractivity contribution in [1.29, 1.82) is 0 Å². The Morgan fingerprint density at radius 3 is 2.44 bits per heavy atom. The fraction of sp³-hybridized carbons (Fsp3) is 0.417. The Bertz CT molecular complexity index is 1270. The third-order valence-electron chi connectivity index (χ3n) is 5.69. The van der Waals surface area contributed by atoms with E-state index in [0.29, 0.717) is 36.5 Å². The van der Waals surface area contributed by atoms with Gasteiger partial charge in [-0.1, -0.05) is 13.0 Å². The molecule has 9 nitrogen and oxygen atoms in total. The fourth-order valence-corrected chi connectivity index (χ4v) is 4.49. The Morgan fingerprint density at radius 2 is 1.82 bits per heavy atom. The van der Waals surface area contributed by atoms with E-state index in [9.17, 15) is 13.2 Å². The van der Waals surface area contributed by atoms with Gasteiger partial charge in [0.05, 0.1) is 30.1 Å². The van der Waals surface area contributed by atoms with Crippen LogP contribution >= 0.6 is 0 Å². The van der Waals surface area contributed by atoms with Crippen LogP contribution in [0.2, 0.25) is 0 Å². The van der Waals surface area contributed by atoms with Crippen molar-refractivity contribution >= 4 is 27.0 Å². The van der Waals surface area contributed by atoms with E-state index < -0.39 is 10.0 Å². The first-order valence-electron chi connectivity index (χ1n) is 11.2. The zero-order valence-electron chi connectivity index (χ0n) is 20.1. The second kappa shape index (κ2) is 10.9. The number of aromatic nitrogens is 2. The summed E-state index contributed by atoms with van der Waals surface area (Å²) >= 11 is 0. The summed E-state index contributed by atoms with van der Waals surface area (Å²) in [7, 11) is -0.650. The van der Waals surface area contributed by atoms with Gasteiger partial charge in [0.15, 0.2) is 11.5 Å². The van der Waals surface area contributed by atoms with E-state index in [1.165, 1.54) is 12.1 Å². The molecule has 1 heterocycles. The van der Waals surface area contributed by atoms with Gasteiger partial charge < -0.3 is 18.9 Å². The number of methoxy groups -OCH3 is 2. The van der Waals surface area contributed by atoms with Crippen molar-refractivity contribution in [2.45, 2.75) is 51.1 Å². The van der Waals surface area contributed by atoms with Gasteiger partial charge in [0.1, 0.15) is 5.82 Å². The van der Waals surface area contributed by atoms with Crippen molar-refractivity contribution in [3.8, 4) is 11.5 Å². The molecule has 0 aliphatic rings. The highest BCUT2D eigenvalue weighted by Gasteiger charge is 2.18. The fourth-order valence-electron chi connectivity index (χ4n) is 3.95. The van der Waals surface area contributed by atoms with Gasteiger partial charge in [-0.2, -0.15) is 0 Å². The molecule has 3 aromatic rings. The molecular weight excluding hydrogens is 456 g/mol. The number of nitrogens with zero attached hydrogens (tertiary/aromatic N) is 3. The van der Waals surface area contributed by atoms with Crippen molar-refractivity contribution in [2.75, 3.05) is 20.8 Å². The molecule has 1 aromatic heterocycles. The van der Waals surface area contributed by atoms with Crippen LogP contribution in [0.25, 0.3) is 11.0 Å². The highest BCUT2D eigenvalue weighted by molar-refractivity contribution is 7.89. The maximum atomic E-state index is 13.0. The molecule has 0 aliphatic heterocycles. The predicted octanol–water partition coefficient (Wildman–Crippen LogP) is 3.09. The summed E-state index contributed by atoms with van der Waals surface area (Å²) in [6.07, 6.45) is 1.61. The van der Waals surface area contributed by atoms with Gasteiger partial charge in [0, 0.05) is 32.5 Å². The van der Waals surface area contributed by atoms with Crippen LogP contribution in [-0.4, -0.2) is 49.5 Å². The van der Waals surface area contributed by atoms with Crippen LogP contribution in [0.5, 0.6) is 11.5 Å². The highest BCUT2D eigenvalue weighted by atomic mass is 32.2. The zero-order valence-corrected chi connectivity index (χ0v) is 20.9. The van der Waals surface area contributed by atoms with Crippen LogP contribution in [0.4, 0.5) is 0 Å². The van der Waals surface area contributed by atoms with E-state index >= 15 is 0 Å². The molecule has 10 heteroatoms. The van der Waals surface area contributed by atoms with Crippen LogP contribution in [0, 0.1) is 0 Å². The van der Waals surface area contributed by atoms with Gasteiger partial charge in [-0.15, -0.1) is 0 Å². The summed E-state index contributed by atoms with van der Waals surface area (Å²) in [5.41, 5.74) is 2.33. The Labute approximate surface area is 200 Å². The SMILES string of the molecule is CCCn1c(CCC(=O)N(CC)Cc2ccc(OC)c(OC)c2)nc2cc(S(N)(=O)=O)ccc21. The van der Waals surface area contributed by atoms with Gasteiger partial charge in [0.25, 0.3) is 0 Å². The van der Waals surface area contributed by atoms with Crippen molar-refractivity contribution < 1.29 is 22.7 Å². The van der Waals surface area contributed by atoms with E-state index in [4.69, 9.17) is 14.6 Å². The van der Waals surface area contributed by atoms with Crippen LogP contribution in [0.3, 0.4) is 0 Å². The number of carbonyl (C=O) groups excluding carboxylic acids is 1. The summed E-state index contributed by atoms with van der Waals surface area (Å²) in [4.78, 5) is 19.5. The summed E-state index contributed by atoms with van der Waals surface area (Å²) < 4.78 is 36.1. The second-order valence-corrected chi connectivity index (χ2v) is 9.53. The number of aryl methyl sites for hydroxylation is 2. The van der Waals surface area contributed by atoms with Crippen molar-refractivity contribution in [3.63, 3.8) is 0 Å². The van der Waals surface area contributed by atoms with E-state index in [2.05, 4.69) is 11.9 Å². The Hall–Kier alpha value is -3.11. The number of nitrogens with two attached hydrogens (primary N) is 1. The first-order valence-corrected chi connectivity index (χ1v) is 12.8. The van der Waals surface area contributed by atoms with Gasteiger partial charge in [-0.3, -0.25) is 4.79 Å². The van der Waals surface area contributed by atoms with Crippen molar-refractivity contribution in [3.05, 3.63) is 47.8 Å². The third-order valence-corrected chi connectivity index (χ3v) is 6.60. The summed E-state index contributed by atoms with van der Waals surface area (Å²) in [6, 6.07) is 10.3. The van der Waals surface area contributed by atoms with Crippen LogP contribution < -0.4 is 14.6 Å². The zero-order chi connectivity index (χ0) is 24.9. The lowest BCUT2D eigenvalue weighted by molar-refractivity contribution is -0.131. The highest BCUT2D eigenvalue weighted by Crippen LogP contribution is 2.28. The average molecular weight is 489 g/mol. The van der Waals surface area contributed by atoms with Gasteiger partial charge in [-0.25, -0.2) is 18.5 Å². The standard InChI is InChI=1S/C24H32N4O5S/c1-5-13-28-20-9-8-18(34(25,30)31)15-19(20)26-23(28)11-12-24(29)27(6-2)16-17-7-10-21(32-3)22(14-17)33-4/h7-10,14-15H,5-6,11-13,16H2,1-4H3,(H2,25,30,31). The molecule has 0 radical (unpaired) electrons. The summed E-state index contributed by atoms with van der Waals surface area (Å²) in [5, 5.41) is 5.27. The number of primary sulfonamides is 1. The Morgan fingerprint density at radius 1 is 1.09 bits per heavy atom. The number of fused-ring (bicyclic) bond motifs is 1. The predicted molar refractivity (Wildman–Crippen MR) is 130 cm³/mol. The number of rotatable bonds is 11. The minimum absolute atomic E-state index is 0.0117. The van der Waals surface area contributed by atoms with E-state index in [1.54, 1.807) is 25.2 Å². The van der Waals surface area contributed by atoms with E-state index in [-0.39, 0.29) is 17.2 Å². The molecule has 0 atom stereocenters. The molecule has 34 heavy (non-hydrogen) atoms. The summed E-state index contributed by atoms with van der Waals surface area (Å²) in [5.74, 6) is 2.02. The van der Waals surface area contributed by atoms with Crippen LogP contribution in [-0.2, 0) is 34.3 Å². The Balaban J connectivity index is 1.78. The maximum Gasteiger partial charge on any atom is 0.238 e. The summed E-state index contributed by atoms with van der Waals surface area (Å²) in [6.45, 7) is 5.74. The largest absolute Gasteiger partial charge is 0.493 e. The molecule has 0 saturated carbocycles. The third kappa shape index (κ3) is 5.68. The number of amides is 1. The molecule has 0 bridgehead atoms. The number of benzene rings is 2. The molecule has 1 amide bonds. The number of carbonyl (C=O) groups is 1. The molecular formula is C24H32N4O5S. The van der Waals surface area contributed by atoms with Crippen molar-refractivity contribution in [1.82, 2.24) is 14.5 Å². The molecule has 0 unspecified atom stereocenters. The molecule has 0 saturated heterocycles. The second-order valence-electron chi connectivity index (χ2n) is 7.97.